The van der Waals surface area contributed by atoms with Crippen molar-refractivity contribution in [2.45, 2.75) is 18.2 Å². The van der Waals surface area contributed by atoms with Crippen molar-refractivity contribution in [1.29, 1.82) is 0 Å². The van der Waals surface area contributed by atoms with E-state index in [2.05, 4.69) is 40.7 Å². The molecule has 6 heteroatoms. The van der Waals surface area contributed by atoms with Gasteiger partial charge in [0.1, 0.15) is 17.1 Å². The number of aromatic carboxylic acids is 1. The zero-order chi connectivity index (χ0) is 24.9. The van der Waals surface area contributed by atoms with Gasteiger partial charge in [0.2, 0.25) is 5.76 Å². The van der Waals surface area contributed by atoms with Crippen molar-refractivity contribution in [2.24, 2.45) is 0 Å². The van der Waals surface area contributed by atoms with Crippen molar-refractivity contribution in [1.82, 2.24) is 0 Å². The van der Waals surface area contributed by atoms with Gasteiger partial charge in [0.05, 0.1) is 0 Å². The lowest BCUT2D eigenvalue weighted by Gasteiger charge is -2.24. The van der Waals surface area contributed by atoms with Crippen LogP contribution in [0.4, 0.5) is 5.69 Å². The summed E-state index contributed by atoms with van der Waals surface area (Å²) >= 11 is 1.62. The number of furan rings is 1. The molecule has 0 aliphatic heterocycles. The predicted octanol–water partition coefficient (Wildman–Crippen LogP) is 7.99. The van der Waals surface area contributed by atoms with Gasteiger partial charge in [0, 0.05) is 28.1 Å². The standard InChI is InChI=1S/C30H25NO4S/c1-21-27-20-26(16-17-28(27)35-29(21)30(32)33)36-31(19-18-22-8-4-2-5-9-22)23-12-14-25(15-13-23)34-24-10-6-3-7-11-24/h2-17,20H,18-19H2,1H3,(H,32,33). The monoisotopic (exact) mass is 495 g/mol. The molecule has 1 N–H and O–H groups in total. The molecule has 36 heavy (non-hydrogen) atoms. The van der Waals surface area contributed by atoms with Gasteiger partial charge < -0.3 is 18.6 Å². The Morgan fingerprint density at radius 3 is 2.25 bits per heavy atom. The molecule has 5 aromatic rings. The molecule has 0 spiro atoms. The summed E-state index contributed by atoms with van der Waals surface area (Å²) in [6.45, 7) is 2.57. The summed E-state index contributed by atoms with van der Waals surface area (Å²) in [5, 5.41) is 10.2. The molecule has 4 aromatic carbocycles. The molecule has 0 radical (unpaired) electrons. The number of carbonyl (C=O) groups is 1. The lowest BCUT2D eigenvalue weighted by molar-refractivity contribution is 0.0664. The summed E-state index contributed by atoms with van der Waals surface area (Å²) in [5.41, 5.74) is 3.52. The second kappa shape index (κ2) is 10.6. The second-order valence-electron chi connectivity index (χ2n) is 8.36. The maximum absolute atomic E-state index is 11.5. The van der Waals surface area contributed by atoms with Gasteiger partial charge in [-0.3, -0.25) is 0 Å². The fraction of sp³-hybridized carbons (Fsp3) is 0.100. The van der Waals surface area contributed by atoms with Gasteiger partial charge in [0.15, 0.2) is 0 Å². The van der Waals surface area contributed by atoms with Crippen LogP contribution >= 0.6 is 11.9 Å². The summed E-state index contributed by atoms with van der Waals surface area (Å²) in [4.78, 5) is 12.5. The molecule has 0 bridgehead atoms. The van der Waals surface area contributed by atoms with Crippen LogP contribution in [0.2, 0.25) is 0 Å². The normalized spacial score (nSPS) is 10.9. The first-order chi connectivity index (χ1) is 17.6. The highest BCUT2D eigenvalue weighted by atomic mass is 32.2. The highest BCUT2D eigenvalue weighted by Gasteiger charge is 2.18. The van der Waals surface area contributed by atoms with Crippen LogP contribution in [0.3, 0.4) is 0 Å². The summed E-state index contributed by atoms with van der Waals surface area (Å²) in [6, 6.07) is 34.0. The van der Waals surface area contributed by atoms with Gasteiger partial charge in [-0.15, -0.1) is 0 Å². The first-order valence-corrected chi connectivity index (χ1v) is 12.4. The number of fused-ring (bicyclic) bond motifs is 1. The molecule has 0 unspecified atom stereocenters. The van der Waals surface area contributed by atoms with E-state index in [0.717, 1.165) is 40.4 Å². The van der Waals surface area contributed by atoms with E-state index in [-0.39, 0.29) is 5.76 Å². The maximum atomic E-state index is 11.5. The van der Waals surface area contributed by atoms with Gasteiger partial charge in [-0.2, -0.15) is 0 Å². The quantitative estimate of drug-likeness (QED) is 0.209. The Morgan fingerprint density at radius 1 is 0.889 bits per heavy atom. The molecule has 5 nitrogen and oxygen atoms in total. The predicted molar refractivity (Wildman–Crippen MR) is 144 cm³/mol. The zero-order valence-corrected chi connectivity index (χ0v) is 20.6. The average molecular weight is 496 g/mol. The third-order valence-electron chi connectivity index (χ3n) is 5.87. The zero-order valence-electron chi connectivity index (χ0n) is 19.8. The molecule has 180 valence electrons. The number of carboxylic acids is 1. The van der Waals surface area contributed by atoms with Crippen LogP contribution in [0, 0.1) is 6.92 Å². The highest BCUT2D eigenvalue weighted by molar-refractivity contribution is 8.00. The number of anilines is 1. The van der Waals surface area contributed by atoms with E-state index in [0.29, 0.717) is 11.1 Å². The number of hydrogen-bond acceptors (Lipinski definition) is 5. The minimum atomic E-state index is -1.06. The van der Waals surface area contributed by atoms with Gasteiger partial charge in [-0.1, -0.05) is 48.5 Å². The van der Waals surface area contributed by atoms with Crippen molar-refractivity contribution in [3.63, 3.8) is 0 Å². The van der Waals surface area contributed by atoms with Crippen molar-refractivity contribution in [2.75, 3.05) is 10.8 Å². The van der Waals surface area contributed by atoms with Gasteiger partial charge in [0.25, 0.3) is 0 Å². The first kappa shape index (κ1) is 23.6. The van der Waals surface area contributed by atoms with Gasteiger partial charge in [-0.05, 0) is 85.5 Å². The molecular formula is C30H25NO4S. The largest absolute Gasteiger partial charge is 0.475 e. The number of ether oxygens (including phenoxy) is 1. The van der Waals surface area contributed by atoms with E-state index in [1.807, 2.05) is 66.7 Å². The molecule has 1 heterocycles. The van der Waals surface area contributed by atoms with Crippen molar-refractivity contribution in [3.05, 3.63) is 120 Å². The molecule has 0 amide bonds. The van der Waals surface area contributed by atoms with Crippen LogP contribution in [0.5, 0.6) is 11.5 Å². The van der Waals surface area contributed by atoms with E-state index in [9.17, 15) is 9.90 Å². The van der Waals surface area contributed by atoms with Crippen LogP contribution < -0.4 is 9.04 Å². The molecule has 0 aliphatic carbocycles. The SMILES string of the molecule is Cc1c(C(=O)O)oc2ccc(SN(CCc3ccccc3)c3ccc(Oc4ccccc4)cc3)cc12. The number of hydrogen-bond donors (Lipinski definition) is 1. The Morgan fingerprint density at radius 2 is 1.56 bits per heavy atom. The van der Waals surface area contributed by atoms with Gasteiger partial charge in [-0.25, -0.2) is 4.79 Å². The number of rotatable bonds is 9. The van der Waals surface area contributed by atoms with E-state index in [4.69, 9.17) is 9.15 Å². The van der Waals surface area contributed by atoms with Crippen LogP contribution in [0.15, 0.2) is 112 Å². The lowest BCUT2D eigenvalue weighted by Crippen LogP contribution is -2.17. The molecule has 0 saturated heterocycles. The second-order valence-corrected chi connectivity index (χ2v) is 9.45. The number of para-hydroxylation sites is 1. The molecule has 0 saturated carbocycles. The minimum Gasteiger partial charge on any atom is -0.475 e. The molecular weight excluding hydrogens is 470 g/mol. The Balaban J connectivity index is 1.40. The van der Waals surface area contributed by atoms with Crippen molar-refractivity contribution >= 4 is 34.6 Å². The molecule has 0 fully saturated rings. The summed E-state index contributed by atoms with van der Waals surface area (Å²) in [7, 11) is 0. The number of aryl methyl sites for hydroxylation is 1. The summed E-state index contributed by atoms with van der Waals surface area (Å²) in [6.07, 6.45) is 0.881. The van der Waals surface area contributed by atoms with E-state index in [1.165, 1.54) is 5.56 Å². The van der Waals surface area contributed by atoms with Crippen LogP contribution in [0.25, 0.3) is 11.0 Å². The third-order valence-corrected chi connectivity index (χ3v) is 6.95. The molecule has 0 aliphatic rings. The Hall–Kier alpha value is -4.16. The van der Waals surface area contributed by atoms with Crippen LogP contribution in [-0.2, 0) is 6.42 Å². The third kappa shape index (κ3) is 5.39. The Bertz CT molecular complexity index is 1460. The Kier molecular flexibility index (Phi) is 6.96. The van der Waals surface area contributed by atoms with Crippen LogP contribution in [0.1, 0.15) is 21.7 Å². The number of carboxylic acid groups (broad SMARTS) is 1. The van der Waals surface area contributed by atoms with Crippen molar-refractivity contribution in [3.8, 4) is 11.5 Å². The molecule has 0 atom stereocenters. The number of nitrogens with zero attached hydrogens (tertiary/aromatic N) is 1. The fourth-order valence-electron chi connectivity index (χ4n) is 4.00. The minimum absolute atomic E-state index is 0.0120. The van der Waals surface area contributed by atoms with E-state index in [1.54, 1.807) is 18.9 Å². The summed E-state index contributed by atoms with van der Waals surface area (Å²) in [5.74, 6) is 0.502. The fourth-order valence-corrected chi connectivity index (χ4v) is 4.96. The van der Waals surface area contributed by atoms with Crippen molar-refractivity contribution < 1.29 is 19.1 Å². The van der Waals surface area contributed by atoms with Gasteiger partial charge >= 0.3 is 5.97 Å². The van der Waals surface area contributed by atoms with E-state index >= 15 is 0 Å². The number of benzene rings is 4. The maximum Gasteiger partial charge on any atom is 0.372 e. The highest BCUT2D eigenvalue weighted by Crippen LogP contribution is 2.35. The average Bonchev–Trinajstić information content (AvgIpc) is 3.24. The molecule has 5 rings (SSSR count). The lowest BCUT2D eigenvalue weighted by atomic mass is 10.1. The molecule has 1 aromatic heterocycles. The van der Waals surface area contributed by atoms with Crippen LogP contribution in [-0.4, -0.2) is 17.6 Å². The first-order valence-electron chi connectivity index (χ1n) is 11.7. The Labute approximate surface area is 214 Å². The summed E-state index contributed by atoms with van der Waals surface area (Å²) < 4.78 is 13.7. The van der Waals surface area contributed by atoms with E-state index < -0.39 is 5.97 Å². The smallest absolute Gasteiger partial charge is 0.372 e. The topological polar surface area (TPSA) is 62.9 Å².